The second-order valence-corrected chi connectivity index (χ2v) is 4.29. The number of aromatic nitrogens is 2. The van der Waals surface area contributed by atoms with Crippen molar-refractivity contribution in [2.45, 2.75) is 13.1 Å². The van der Waals surface area contributed by atoms with Gasteiger partial charge in [0.05, 0.1) is 6.20 Å². The first-order valence-corrected chi connectivity index (χ1v) is 5.80. The minimum absolute atomic E-state index is 0.235. The summed E-state index contributed by atoms with van der Waals surface area (Å²) >= 11 is 0. The smallest absolute Gasteiger partial charge is 0.311 e. The van der Waals surface area contributed by atoms with Gasteiger partial charge in [0.25, 0.3) is 0 Å². The molecule has 1 heterocycles. The van der Waals surface area contributed by atoms with Gasteiger partial charge < -0.3 is 5.32 Å². The monoisotopic (exact) mass is 341 g/mol. The number of carbonyl (C=O) groups excluding carboxylic acids is 1. The Kier molecular flexibility index (Phi) is 4.05. The summed E-state index contributed by atoms with van der Waals surface area (Å²) in [5.41, 5.74) is -4.22. The Labute approximate surface area is 123 Å². The standard InChI is InChI=1S/C12H6F7N3O/c1-4(23)21-5-2-3-20-22(5)11-9(15)7(13)6(12(17,18)19)8(14)10(11)16/h2-3H,1H3,(H,21,23). The van der Waals surface area contributed by atoms with Crippen LogP contribution in [0, 0.1) is 23.3 Å². The van der Waals surface area contributed by atoms with Crippen molar-refractivity contribution >= 4 is 11.7 Å². The second-order valence-electron chi connectivity index (χ2n) is 4.29. The highest BCUT2D eigenvalue weighted by atomic mass is 19.4. The molecule has 0 saturated heterocycles. The summed E-state index contributed by atoms with van der Waals surface area (Å²) < 4.78 is 92.6. The first-order chi connectivity index (χ1) is 10.6. The fourth-order valence-electron chi connectivity index (χ4n) is 1.81. The molecule has 0 atom stereocenters. The lowest BCUT2D eigenvalue weighted by Crippen LogP contribution is -2.19. The topological polar surface area (TPSA) is 46.9 Å². The van der Waals surface area contributed by atoms with Gasteiger partial charge in [0, 0.05) is 13.0 Å². The Bertz CT molecular complexity index is 753. The molecule has 0 fully saturated rings. The van der Waals surface area contributed by atoms with Crippen LogP contribution in [0.2, 0.25) is 0 Å². The van der Waals surface area contributed by atoms with E-state index in [1.165, 1.54) is 0 Å². The second kappa shape index (κ2) is 5.56. The fourth-order valence-corrected chi connectivity index (χ4v) is 1.81. The number of hydrogen-bond acceptors (Lipinski definition) is 2. The van der Waals surface area contributed by atoms with Crippen LogP contribution in [0.15, 0.2) is 12.3 Å². The van der Waals surface area contributed by atoms with Crippen molar-refractivity contribution in [3.8, 4) is 5.69 Å². The minimum Gasteiger partial charge on any atom is -0.311 e. The number of amides is 1. The molecule has 0 saturated carbocycles. The van der Waals surface area contributed by atoms with Gasteiger partial charge in [0.15, 0.2) is 23.3 Å². The summed E-state index contributed by atoms with van der Waals surface area (Å²) in [6, 6.07) is 1.02. The molecule has 0 aliphatic rings. The first-order valence-electron chi connectivity index (χ1n) is 5.80. The van der Waals surface area contributed by atoms with Crippen LogP contribution in [-0.2, 0) is 11.0 Å². The van der Waals surface area contributed by atoms with Crippen molar-refractivity contribution in [1.82, 2.24) is 9.78 Å². The largest absolute Gasteiger partial charge is 0.422 e. The number of carbonyl (C=O) groups is 1. The van der Waals surface area contributed by atoms with Gasteiger partial charge in [-0.1, -0.05) is 0 Å². The third-order valence-electron chi connectivity index (χ3n) is 2.68. The fraction of sp³-hybridized carbons (Fsp3) is 0.167. The quantitative estimate of drug-likeness (QED) is 0.672. The molecule has 2 rings (SSSR count). The molecular formula is C12H6F7N3O. The van der Waals surface area contributed by atoms with Gasteiger partial charge in [-0.2, -0.15) is 18.3 Å². The van der Waals surface area contributed by atoms with Crippen molar-refractivity contribution in [1.29, 1.82) is 0 Å². The highest BCUT2D eigenvalue weighted by Gasteiger charge is 2.42. The summed E-state index contributed by atoms with van der Waals surface area (Å²) in [6.45, 7) is 1.03. The number of nitrogens with zero attached hydrogens (tertiary/aromatic N) is 2. The molecule has 0 spiro atoms. The molecule has 4 nitrogen and oxygen atoms in total. The molecule has 23 heavy (non-hydrogen) atoms. The van der Waals surface area contributed by atoms with E-state index in [0.717, 1.165) is 19.2 Å². The normalized spacial score (nSPS) is 11.7. The van der Waals surface area contributed by atoms with Gasteiger partial charge in [-0.25, -0.2) is 22.2 Å². The van der Waals surface area contributed by atoms with E-state index >= 15 is 0 Å². The zero-order valence-electron chi connectivity index (χ0n) is 11.1. The summed E-state index contributed by atoms with van der Waals surface area (Å²) in [4.78, 5) is 10.9. The van der Waals surface area contributed by atoms with Crippen molar-refractivity contribution in [3.05, 3.63) is 41.1 Å². The van der Waals surface area contributed by atoms with Crippen LogP contribution in [0.5, 0.6) is 0 Å². The number of hydrogen-bond donors (Lipinski definition) is 1. The molecule has 0 unspecified atom stereocenters. The highest BCUT2D eigenvalue weighted by Crippen LogP contribution is 2.38. The number of alkyl halides is 3. The van der Waals surface area contributed by atoms with E-state index in [1.807, 2.05) is 0 Å². The predicted octanol–water partition coefficient (Wildman–Crippen LogP) is 3.41. The Morgan fingerprint density at radius 3 is 2.04 bits per heavy atom. The van der Waals surface area contributed by atoms with Crippen LogP contribution in [-0.4, -0.2) is 15.7 Å². The number of benzene rings is 1. The van der Waals surface area contributed by atoms with E-state index in [2.05, 4.69) is 10.4 Å². The zero-order valence-corrected chi connectivity index (χ0v) is 11.1. The average molecular weight is 341 g/mol. The summed E-state index contributed by atoms with van der Waals surface area (Å²) in [5, 5.41) is 5.39. The van der Waals surface area contributed by atoms with Gasteiger partial charge >= 0.3 is 6.18 Å². The van der Waals surface area contributed by atoms with Gasteiger partial charge in [-0.05, 0) is 0 Å². The molecule has 1 N–H and O–H groups in total. The molecule has 2 aromatic rings. The molecule has 1 aromatic heterocycles. The Hall–Kier alpha value is -2.59. The first kappa shape index (κ1) is 16.8. The van der Waals surface area contributed by atoms with Crippen LogP contribution < -0.4 is 5.32 Å². The van der Waals surface area contributed by atoms with E-state index in [0.29, 0.717) is 0 Å². The summed E-state index contributed by atoms with van der Waals surface area (Å²) in [5.74, 6) is -10.9. The lowest BCUT2D eigenvalue weighted by Gasteiger charge is -2.15. The average Bonchev–Trinajstić information content (AvgIpc) is 2.83. The van der Waals surface area contributed by atoms with Crippen LogP contribution in [0.4, 0.5) is 36.6 Å². The van der Waals surface area contributed by atoms with Crippen molar-refractivity contribution in [3.63, 3.8) is 0 Å². The Balaban J connectivity index is 2.76. The van der Waals surface area contributed by atoms with Crippen molar-refractivity contribution < 1.29 is 35.5 Å². The molecule has 1 aromatic carbocycles. The van der Waals surface area contributed by atoms with Crippen molar-refractivity contribution in [2.24, 2.45) is 0 Å². The van der Waals surface area contributed by atoms with E-state index in [4.69, 9.17) is 0 Å². The zero-order chi connectivity index (χ0) is 17.5. The summed E-state index contributed by atoms with van der Waals surface area (Å²) in [6.07, 6.45) is -4.73. The third kappa shape index (κ3) is 2.85. The molecular weight excluding hydrogens is 335 g/mol. The molecule has 0 bridgehead atoms. The van der Waals surface area contributed by atoms with Crippen LogP contribution >= 0.6 is 0 Å². The van der Waals surface area contributed by atoms with Gasteiger partial charge in [-0.3, -0.25) is 4.79 Å². The van der Waals surface area contributed by atoms with Gasteiger partial charge in [0.2, 0.25) is 5.91 Å². The Morgan fingerprint density at radius 2 is 1.61 bits per heavy atom. The van der Waals surface area contributed by atoms with Crippen molar-refractivity contribution in [2.75, 3.05) is 5.32 Å². The number of anilines is 1. The SMILES string of the molecule is CC(=O)Nc1ccnn1-c1c(F)c(F)c(C(F)(F)F)c(F)c1F. The minimum atomic E-state index is -5.64. The Morgan fingerprint density at radius 1 is 1.09 bits per heavy atom. The highest BCUT2D eigenvalue weighted by molar-refractivity contribution is 5.88. The molecule has 0 radical (unpaired) electrons. The molecule has 0 aliphatic carbocycles. The lowest BCUT2D eigenvalue weighted by atomic mass is 10.1. The van der Waals surface area contributed by atoms with E-state index in [9.17, 15) is 35.5 Å². The summed E-state index contributed by atoms with van der Waals surface area (Å²) in [7, 11) is 0. The van der Waals surface area contributed by atoms with E-state index < -0.39 is 52.4 Å². The van der Waals surface area contributed by atoms with E-state index in [-0.39, 0.29) is 4.68 Å². The number of nitrogens with one attached hydrogen (secondary N) is 1. The van der Waals surface area contributed by atoms with Gasteiger partial charge in [0.1, 0.15) is 17.1 Å². The molecule has 11 heteroatoms. The van der Waals surface area contributed by atoms with Gasteiger partial charge in [-0.15, -0.1) is 0 Å². The third-order valence-corrected chi connectivity index (χ3v) is 2.68. The maximum absolute atomic E-state index is 13.9. The lowest BCUT2D eigenvalue weighted by molar-refractivity contribution is -0.143. The van der Waals surface area contributed by atoms with Crippen LogP contribution in [0.25, 0.3) is 5.69 Å². The van der Waals surface area contributed by atoms with Crippen LogP contribution in [0.3, 0.4) is 0 Å². The number of rotatable bonds is 2. The predicted molar refractivity (Wildman–Crippen MR) is 62.7 cm³/mol. The number of halogens is 7. The molecule has 124 valence electrons. The molecule has 1 amide bonds. The van der Waals surface area contributed by atoms with E-state index in [1.54, 1.807) is 0 Å². The molecule has 0 aliphatic heterocycles. The maximum atomic E-state index is 13.9. The maximum Gasteiger partial charge on any atom is 0.422 e. The van der Waals surface area contributed by atoms with Crippen LogP contribution in [0.1, 0.15) is 12.5 Å².